The van der Waals surface area contributed by atoms with Crippen molar-refractivity contribution >= 4 is 0 Å². The van der Waals surface area contributed by atoms with Crippen molar-refractivity contribution in [3.63, 3.8) is 0 Å². The number of nitrogens with two attached hydrogens (primary N) is 1. The summed E-state index contributed by atoms with van der Waals surface area (Å²) in [5.74, 6) is 5.34. The van der Waals surface area contributed by atoms with E-state index in [1.807, 2.05) is 0 Å². The quantitative estimate of drug-likeness (QED) is 0.625. The minimum atomic E-state index is -0.224. The molecule has 1 saturated heterocycles. The van der Waals surface area contributed by atoms with Gasteiger partial charge in [0.25, 0.3) is 0 Å². The van der Waals surface area contributed by atoms with Gasteiger partial charge in [-0.25, -0.2) is 4.39 Å². The Morgan fingerprint density at radius 2 is 2.12 bits per heavy atom. The summed E-state index contributed by atoms with van der Waals surface area (Å²) in [5.41, 5.74) is 3.79. The normalized spacial score (nSPS) is 22.4. The Labute approximate surface area is 101 Å². The van der Waals surface area contributed by atoms with Gasteiger partial charge in [0.05, 0.1) is 6.10 Å². The van der Waals surface area contributed by atoms with Crippen LogP contribution >= 0.6 is 0 Å². The highest BCUT2D eigenvalue weighted by molar-refractivity contribution is 5.19. The molecule has 1 fully saturated rings. The molecule has 2 atom stereocenters. The Hall–Kier alpha value is -0.970. The summed E-state index contributed by atoms with van der Waals surface area (Å²) in [4.78, 5) is 0. The minimum Gasteiger partial charge on any atom is -0.378 e. The van der Waals surface area contributed by atoms with Gasteiger partial charge < -0.3 is 4.74 Å². The van der Waals surface area contributed by atoms with Gasteiger partial charge in [0, 0.05) is 12.6 Å². The molecule has 0 saturated carbocycles. The number of hydrogen-bond donors (Lipinski definition) is 2. The molecule has 3 nitrogen and oxygen atoms in total. The summed E-state index contributed by atoms with van der Waals surface area (Å²) in [7, 11) is 0. The summed E-state index contributed by atoms with van der Waals surface area (Å²) in [6.07, 6.45) is 4.54. The van der Waals surface area contributed by atoms with Gasteiger partial charge in [-0.3, -0.25) is 11.3 Å². The average Bonchev–Trinajstić information content (AvgIpc) is 2.38. The maximum absolute atomic E-state index is 12.8. The molecule has 2 unspecified atom stereocenters. The van der Waals surface area contributed by atoms with E-state index in [1.165, 1.54) is 18.6 Å². The molecule has 0 aromatic heterocycles. The highest BCUT2D eigenvalue weighted by Gasteiger charge is 2.19. The Bertz CT molecular complexity index is 336. The number of halogens is 1. The topological polar surface area (TPSA) is 47.3 Å². The van der Waals surface area contributed by atoms with E-state index >= 15 is 0 Å². The Morgan fingerprint density at radius 3 is 2.71 bits per heavy atom. The molecule has 1 aromatic carbocycles. The van der Waals surface area contributed by atoms with Crippen molar-refractivity contribution in [1.29, 1.82) is 0 Å². The third-order valence-corrected chi connectivity index (χ3v) is 3.25. The van der Waals surface area contributed by atoms with Crippen LogP contribution in [-0.2, 0) is 4.74 Å². The SMILES string of the molecule is NNC(CC1CCCCO1)c1ccc(F)cc1. The van der Waals surface area contributed by atoms with Gasteiger partial charge in [-0.2, -0.15) is 0 Å². The van der Waals surface area contributed by atoms with Crippen LogP contribution in [0.4, 0.5) is 4.39 Å². The molecule has 0 bridgehead atoms. The molecule has 4 heteroatoms. The summed E-state index contributed by atoms with van der Waals surface area (Å²) in [5, 5.41) is 0. The molecule has 2 rings (SSSR count). The fourth-order valence-corrected chi connectivity index (χ4v) is 2.25. The lowest BCUT2D eigenvalue weighted by molar-refractivity contribution is 0.00502. The zero-order valence-electron chi connectivity index (χ0n) is 9.86. The highest BCUT2D eigenvalue weighted by atomic mass is 19.1. The number of nitrogens with one attached hydrogen (secondary N) is 1. The Kier molecular flexibility index (Phi) is 4.48. The van der Waals surface area contributed by atoms with E-state index < -0.39 is 0 Å². The largest absolute Gasteiger partial charge is 0.378 e. The van der Waals surface area contributed by atoms with Crippen LogP contribution in [0, 0.1) is 5.82 Å². The average molecular weight is 238 g/mol. The van der Waals surface area contributed by atoms with Crippen LogP contribution in [0.2, 0.25) is 0 Å². The fraction of sp³-hybridized carbons (Fsp3) is 0.538. The maximum Gasteiger partial charge on any atom is 0.123 e. The van der Waals surface area contributed by atoms with E-state index in [1.54, 1.807) is 12.1 Å². The second-order valence-electron chi connectivity index (χ2n) is 4.50. The standard InChI is InChI=1S/C13H19FN2O/c14-11-6-4-10(5-7-11)13(16-15)9-12-3-1-2-8-17-12/h4-7,12-13,16H,1-3,8-9,15H2. The van der Waals surface area contributed by atoms with E-state index in [4.69, 9.17) is 10.6 Å². The summed E-state index contributed by atoms with van der Waals surface area (Å²) in [6, 6.07) is 6.48. The predicted molar refractivity (Wildman–Crippen MR) is 64.7 cm³/mol. The predicted octanol–water partition coefficient (Wildman–Crippen LogP) is 2.29. The molecule has 1 aliphatic rings. The molecular formula is C13H19FN2O. The zero-order valence-corrected chi connectivity index (χ0v) is 9.86. The smallest absolute Gasteiger partial charge is 0.123 e. The first-order chi connectivity index (χ1) is 8.29. The summed E-state index contributed by atoms with van der Waals surface area (Å²) in [6.45, 7) is 0.839. The Balaban J connectivity index is 1.97. The van der Waals surface area contributed by atoms with Crippen LogP contribution in [0.1, 0.15) is 37.3 Å². The molecule has 94 valence electrons. The van der Waals surface area contributed by atoms with Crippen molar-refractivity contribution < 1.29 is 9.13 Å². The van der Waals surface area contributed by atoms with Crippen molar-refractivity contribution in [2.75, 3.05) is 6.61 Å². The zero-order chi connectivity index (χ0) is 12.1. The molecule has 0 spiro atoms. The van der Waals surface area contributed by atoms with Crippen molar-refractivity contribution in [2.45, 2.75) is 37.8 Å². The lowest BCUT2D eigenvalue weighted by Crippen LogP contribution is -2.32. The third kappa shape index (κ3) is 3.49. The van der Waals surface area contributed by atoms with Gasteiger partial charge in [0.15, 0.2) is 0 Å². The summed E-state index contributed by atoms with van der Waals surface area (Å²) >= 11 is 0. The molecule has 0 amide bonds. The van der Waals surface area contributed by atoms with Gasteiger partial charge in [0.2, 0.25) is 0 Å². The van der Waals surface area contributed by atoms with Gasteiger partial charge >= 0.3 is 0 Å². The first-order valence-corrected chi connectivity index (χ1v) is 6.13. The molecular weight excluding hydrogens is 219 g/mol. The second-order valence-corrected chi connectivity index (χ2v) is 4.50. The van der Waals surface area contributed by atoms with Crippen molar-refractivity contribution in [1.82, 2.24) is 5.43 Å². The lowest BCUT2D eigenvalue weighted by Gasteiger charge is -2.26. The van der Waals surface area contributed by atoms with Gasteiger partial charge in [-0.1, -0.05) is 12.1 Å². The number of rotatable bonds is 4. The molecule has 0 radical (unpaired) electrons. The monoisotopic (exact) mass is 238 g/mol. The third-order valence-electron chi connectivity index (χ3n) is 3.25. The van der Waals surface area contributed by atoms with Crippen LogP contribution in [-0.4, -0.2) is 12.7 Å². The van der Waals surface area contributed by atoms with Crippen molar-refractivity contribution in [3.05, 3.63) is 35.6 Å². The number of hydrazine groups is 1. The minimum absolute atomic E-state index is 0.0266. The molecule has 1 aliphatic heterocycles. The van der Waals surface area contributed by atoms with E-state index in [-0.39, 0.29) is 18.0 Å². The fourth-order valence-electron chi connectivity index (χ4n) is 2.25. The van der Waals surface area contributed by atoms with E-state index in [2.05, 4.69) is 5.43 Å². The lowest BCUT2D eigenvalue weighted by atomic mass is 9.97. The highest BCUT2D eigenvalue weighted by Crippen LogP contribution is 2.24. The van der Waals surface area contributed by atoms with E-state index in [0.29, 0.717) is 0 Å². The van der Waals surface area contributed by atoms with Crippen LogP contribution in [0.25, 0.3) is 0 Å². The van der Waals surface area contributed by atoms with Crippen LogP contribution < -0.4 is 11.3 Å². The number of benzene rings is 1. The summed E-state index contributed by atoms with van der Waals surface area (Å²) < 4.78 is 18.5. The van der Waals surface area contributed by atoms with Gasteiger partial charge in [-0.15, -0.1) is 0 Å². The van der Waals surface area contributed by atoms with Crippen molar-refractivity contribution in [3.8, 4) is 0 Å². The number of hydrogen-bond acceptors (Lipinski definition) is 3. The van der Waals surface area contributed by atoms with Crippen LogP contribution in [0.15, 0.2) is 24.3 Å². The second kappa shape index (κ2) is 6.10. The molecule has 0 aliphatic carbocycles. The van der Waals surface area contributed by atoms with E-state index in [9.17, 15) is 4.39 Å². The van der Waals surface area contributed by atoms with E-state index in [0.717, 1.165) is 31.4 Å². The van der Waals surface area contributed by atoms with Crippen LogP contribution in [0.3, 0.4) is 0 Å². The van der Waals surface area contributed by atoms with Gasteiger partial charge in [0.1, 0.15) is 5.82 Å². The first kappa shape index (κ1) is 12.5. The molecule has 1 aromatic rings. The maximum atomic E-state index is 12.8. The molecule has 1 heterocycles. The van der Waals surface area contributed by atoms with Crippen LogP contribution in [0.5, 0.6) is 0 Å². The molecule has 17 heavy (non-hydrogen) atoms. The Morgan fingerprint density at radius 1 is 1.35 bits per heavy atom. The number of ether oxygens (including phenoxy) is 1. The first-order valence-electron chi connectivity index (χ1n) is 6.13. The molecule has 3 N–H and O–H groups in total. The van der Waals surface area contributed by atoms with Crippen molar-refractivity contribution in [2.24, 2.45) is 5.84 Å². The van der Waals surface area contributed by atoms with Gasteiger partial charge in [-0.05, 0) is 43.4 Å².